The Morgan fingerprint density at radius 1 is 1.08 bits per heavy atom. The normalized spacial score (nSPS) is 17.6. The van der Waals surface area contributed by atoms with Gasteiger partial charge in [-0.05, 0) is 61.6 Å². The zero-order valence-corrected chi connectivity index (χ0v) is 21.6. The number of anilines is 1. The summed E-state index contributed by atoms with van der Waals surface area (Å²) in [5.41, 5.74) is 0.894. The summed E-state index contributed by atoms with van der Waals surface area (Å²) in [6.45, 7) is 2.22. The number of nitrogens with zero attached hydrogens (tertiary/aromatic N) is 3. The third-order valence-corrected chi connectivity index (χ3v) is 8.49. The van der Waals surface area contributed by atoms with Gasteiger partial charge in [0.05, 0.1) is 16.9 Å². The van der Waals surface area contributed by atoms with Gasteiger partial charge in [-0.3, -0.25) is 14.6 Å². The Hall–Kier alpha value is -3.19. The lowest BCUT2D eigenvalue weighted by atomic mass is 9.78. The van der Waals surface area contributed by atoms with Crippen LogP contribution in [-0.2, 0) is 37.3 Å². The molecule has 0 saturated carbocycles. The number of nitrogens with one attached hydrogen (secondary N) is 1. The van der Waals surface area contributed by atoms with Gasteiger partial charge in [-0.15, -0.1) is 0 Å². The lowest BCUT2D eigenvalue weighted by Crippen LogP contribution is -2.51. The molecule has 0 radical (unpaired) electrons. The Balaban J connectivity index is 1.49. The summed E-state index contributed by atoms with van der Waals surface area (Å²) in [5.74, 6) is -2.44. The number of esters is 1. The molecule has 38 heavy (non-hydrogen) atoms. The van der Waals surface area contributed by atoms with Gasteiger partial charge in [0, 0.05) is 50.8 Å². The van der Waals surface area contributed by atoms with E-state index in [-0.39, 0.29) is 37.6 Å². The number of fused-ring (bicyclic) bond motifs is 1. The molecule has 9 nitrogen and oxygen atoms in total. The third-order valence-electron chi connectivity index (χ3n) is 7.09. The van der Waals surface area contributed by atoms with Crippen LogP contribution < -0.4 is 9.62 Å². The summed E-state index contributed by atoms with van der Waals surface area (Å²) in [6, 6.07) is 7.94. The summed E-state index contributed by atoms with van der Waals surface area (Å²) in [5, 5.41) is 0. The smallest absolute Gasteiger partial charge is 0.466 e. The quantitative estimate of drug-likeness (QED) is 0.525. The predicted octanol–water partition coefficient (Wildman–Crippen LogP) is 2.66. The molecule has 3 heterocycles. The lowest BCUT2D eigenvalue weighted by Gasteiger charge is -2.40. The Kier molecular flexibility index (Phi) is 7.98. The summed E-state index contributed by atoms with van der Waals surface area (Å²) >= 11 is 0. The maximum atomic E-state index is 13.2. The summed E-state index contributed by atoms with van der Waals surface area (Å²) in [4.78, 5) is 31.3. The van der Waals surface area contributed by atoms with Crippen LogP contribution in [0.5, 0.6) is 0 Å². The van der Waals surface area contributed by atoms with Gasteiger partial charge in [0.1, 0.15) is 0 Å². The molecular formula is C25H29F3N4O5S. The van der Waals surface area contributed by atoms with Crippen LogP contribution in [0.4, 0.5) is 18.9 Å². The molecule has 206 valence electrons. The molecular weight excluding hydrogens is 525 g/mol. The zero-order valence-electron chi connectivity index (χ0n) is 20.8. The van der Waals surface area contributed by atoms with Crippen LogP contribution >= 0.6 is 0 Å². The van der Waals surface area contributed by atoms with E-state index in [1.54, 1.807) is 25.4 Å². The van der Waals surface area contributed by atoms with Gasteiger partial charge in [0.2, 0.25) is 10.0 Å². The molecule has 0 spiro atoms. The van der Waals surface area contributed by atoms with E-state index in [2.05, 4.69) is 14.6 Å². The Bertz CT molecular complexity index is 1280. The second-order valence-electron chi connectivity index (χ2n) is 9.42. The van der Waals surface area contributed by atoms with Crippen molar-refractivity contribution in [3.05, 3.63) is 53.9 Å². The van der Waals surface area contributed by atoms with Crippen molar-refractivity contribution in [1.82, 2.24) is 14.6 Å². The largest absolute Gasteiger partial charge is 0.471 e. The average Bonchev–Trinajstić information content (AvgIpc) is 2.91. The second-order valence-corrected chi connectivity index (χ2v) is 11.2. The van der Waals surface area contributed by atoms with Gasteiger partial charge in [0.25, 0.3) is 0 Å². The number of piperidine rings is 1. The van der Waals surface area contributed by atoms with Crippen molar-refractivity contribution >= 4 is 27.6 Å². The van der Waals surface area contributed by atoms with E-state index >= 15 is 0 Å². The molecule has 1 amide bonds. The minimum atomic E-state index is -5.00. The molecule has 0 atom stereocenters. The number of amides is 1. The Labute approximate surface area is 219 Å². The van der Waals surface area contributed by atoms with E-state index in [4.69, 9.17) is 4.74 Å². The number of aromatic nitrogens is 1. The molecule has 0 unspecified atom stereocenters. The maximum Gasteiger partial charge on any atom is 0.471 e. The fourth-order valence-electron chi connectivity index (χ4n) is 4.85. The van der Waals surface area contributed by atoms with Crippen LogP contribution in [0.25, 0.3) is 0 Å². The highest BCUT2D eigenvalue weighted by atomic mass is 32.2. The minimum Gasteiger partial charge on any atom is -0.466 e. The number of hydrogen-bond acceptors (Lipinski definition) is 7. The molecule has 2 aromatic rings. The lowest BCUT2D eigenvalue weighted by molar-refractivity contribution is -0.186. The fraction of sp³-hybridized carbons (Fsp3) is 0.480. The summed E-state index contributed by atoms with van der Waals surface area (Å²) < 4.78 is 72.9. The van der Waals surface area contributed by atoms with Crippen LogP contribution in [0.2, 0.25) is 0 Å². The van der Waals surface area contributed by atoms with Crippen molar-refractivity contribution in [2.75, 3.05) is 37.7 Å². The first-order valence-corrected chi connectivity index (χ1v) is 13.7. The number of benzene rings is 1. The molecule has 1 N–H and O–H groups in total. The third kappa shape index (κ3) is 5.93. The van der Waals surface area contributed by atoms with E-state index in [0.29, 0.717) is 42.0 Å². The highest BCUT2D eigenvalue weighted by molar-refractivity contribution is 7.89. The molecule has 0 aliphatic carbocycles. The van der Waals surface area contributed by atoms with Gasteiger partial charge >= 0.3 is 18.1 Å². The maximum absolute atomic E-state index is 13.2. The fourth-order valence-corrected chi connectivity index (χ4v) is 6.03. The van der Waals surface area contributed by atoms with Crippen LogP contribution in [0, 0.1) is 5.41 Å². The molecule has 1 fully saturated rings. The number of carbonyl (C=O) groups is 2. The van der Waals surface area contributed by atoms with E-state index in [1.165, 1.54) is 12.1 Å². The van der Waals surface area contributed by atoms with Gasteiger partial charge in [-0.2, -0.15) is 13.2 Å². The van der Waals surface area contributed by atoms with Crippen molar-refractivity contribution in [2.24, 2.45) is 5.41 Å². The van der Waals surface area contributed by atoms with Crippen molar-refractivity contribution < 1.29 is 35.9 Å². The number of pyridine rings is 1. The van der Waals surface area contributed by atoms with Gasteiger partial charge < -0.3 is 14.5 Å². The summed E-state index contributed by atoms with van der Waals surface area (Å²) in [7, 11) is -4.12. The molecule has 2 aliphatic rings. The number of ether oxygens (including phenoxy) is 1. The van der Waals surface area contributed by atoms with Crippen molar-refractivity contribution in [2.45, 2.75) is 43.8 Å². The molecule has 1 saturated heterocycles. The Morgan fingerprint density at radius 3 is 2.39 bits per heavy atom. The Morgan fingerprint density at radius 2 is 1.76 bits per heavy atom. The van der Waals surface area contributed by atoms with Crippen molar-refractivity contribution in [1.29, 1.82) is 0 Å². The number of carbonyl (C=O) groups excluding carboxylic acids is 2. The van der Waals surface area contributed by atoms with E-state index in [1.807, 2.05) is 12.1 Å². The van der Waals surface area contributed by atoms with Crippen molar-refractivity contribution in [3.8, 4) is 0 Å². The molecule has 1 aromatic heterocycles. The number of rotatable bonds is 7. The standard InChI is InChI=1S/C25H29F3N4O5S/c1-2-37-23(34)24(8-13-31(14-9-24)20-5-10-29-11-6-20)17-30-38(35,36)21-4-3-18-7-12-32(16-19(18)15-21)22(33)25(26,27)28/h3-6,10-11,15,30H,2,7-9,12-14,16-17H2,1H3. The van der Waals surface area contributed by atoms with E-state index < -0.39 is 33.5 Å². The minimum absolute atomic E-state index is 0.103. The van der Waals surface area contributed by atoms with E-state index in [0.717, 1.165) is 5.69 Å². The summed E-state index contributed by atoms with van der Waals surface area (Å²) in [6.07, 6.45) is -0.756. The van der Waals surface area contributed by atoms with Gasteiger partial charge in [-0.25, -0.2) is 13.1 Å². The predicted molar refractivity (Wildman–Crippen MR) is 132 cm³/mol. The number of alkyl halides is 3. The molecule has 2 aliphatic heterocycles. The average molecular weight is 555 g/mol. The van der Waals surface area contributed by atoms with Crippen LogP contribution in [0.1, 0.15) is 30.9 Å². The first-order chi connectivity index (χ1) is 17.9. The molecule has 13 heteroatoms. The molecule has 0 bridgehead atoms. The SMILES string of the molecule is CCOC(=O)C1(CNS(=O)(=O)c2ccc3c(c2)CN(C(=O)C(F)(F)F)CC3)CCN(c2ccncc2)CC1. The van der Waals surface area contributed by atoms with Gasteiger partial charge in [0.15, 0.2) is 0 Å². The van der Waals surface area contributed by atoms with Gasteiger partial charge in [-0.1, -0.05) is 6.07 Å². The second kappa shape index (κ2) is 10.9. The molecule has 4 rings (SSSR count). The van der Waals surface area contributed by atoms with E-state index in [9.17, 15) is 31.2 Å². The zero-order chi connectivity index (χ0) is 27.6. The molecule has 1 aromatic carbocycles. The topological polar surface area (TPSA) is 109 Å². The van der Waals surface area contributed by atoms with Crippen LogP contribution in [0.3, 0.4) is 0 Å². The number of halogens is 3. The van der Waals surface area contributed by atoms with Crippen LogP contribution in [-0.4, -0.2) is 69.1 Å². The number of hydrogen-bond donors (Lipinski definition) is 1. The highest BCUT2D eigenvalue weighted by Gasteiger charge is 2.45. The van der Waals surface area contributed by atoms with Crippen molar-refractivity contribution in [3.63, 3.8) is 0 Å². The van der Waals surface area contributed by atoms with Crippen LogP contribution in [0.15, 0.2) is 47.6 Å². The highest BCUT2D eigenvalue weighted by Crippen LogP contribution is 2.35. The first kappa shape index (κ1) is 27.8. The first-order valence-electron chi connectivity index (χ1n) is 12.2. The monoisotopic (exact) mass is 554 g/mol. The number of sulfonamides is 1.